The molecule has 1 saturated carbocycles. The van der Waals surface area contributed by atoms with Crippen molar-refractivity contribution in [2.75, 3.05) is 19.7 Å². The average molecular weight is 457 g/mol. The van der Waals surface area contributed by atoms with Gasteiger partial charge in [0.15, 0.2) is 0 Å². The molecule has 3 aliphatic rings. The maximum atomic E-state index is 13.0. The third-order valence-electron chi connectivity index (χ3n) is 7.37. The van der Waals surface area contributed by atoms with Crippen LogP contribution in [0.2, 0.25) is 0 Å². The van der Waals surface area contributed by atoms with Gasteiger partial charge in [-0.25, -0.2) is 0 Å². The highest BCUT2D eigenvalue weighted by Gasteiger charge is 2.48. The Labute approximate surface area is 185 Å². The Hall–Kier alpha value is -1.84. The summed E-state index contributed by atoms with van der Waals surface area (Å²) in [5, 5.41) is 10.8. The number of hydrogen-bond acceptors (Lipinski definition) is 6. The number of alkyl halides is 3. The number of hydrogen-bond donors (Lipinski definition) is 2. The maximum absolute atomic E-state index is 13.0. The number of esters is 1. The van der Waals surface area contributed by atoms with Crippen molar-refractivity contribution in [3.05, 3.63) is 29.3 Å². The average Bonchev–Trinajstić information content (AvgIpc) is 3.05. The second-order valence-electron chi connectivity index (χ2n) is 9.95. The van der Waals surface area contributed by atoms with Gasteiger partial charge in [-0.15, -0.1) is 0 Å². The predicted octanol–water partition coefficient (Wildman–Crippen LogP) is 3.10. The smallest absolute Gasteiger partial charge is 0.416 e. The number of ether oxygens (including phenoxy) is 2. The number of carbonyl (C=O) groups excluding carboxylic acids is 1. The van der Waals surface area contributed by atoms with E-state index in [4.69, 9.17) is 15.2 Å². The van der Waals surface area contributed by atoms with Gasteiger partial charge in [0.2, 0.25) is 0 Å². The van der Waals surface area contributed by atoms with E-state index in [9.17, 15) is 23.1 Å². The van der Waals surface area contributed by atoms with Gasteiger partial charge in [0, 0.05) is 38.3 Å². The number of aliphatic hydroxyl groups is 1. The molecule has 9 heteroatoms. The van der Waals surface area contributed by atoms with Crippen molar-refractivity contribution < 1.29 is 32.5 Å². The largest absolute Gasteiger partial charge is 0.487 e. The molecule has 2 heterocycles. The number of aliphatic hydroxyl groups excluding tert-OH is 1. The zero-order chi connectivity index (χ0) is 23.3. The summed E-state index contributed by atoms with van der Waals surface area (Å²) in [6, 6.07) is 3.74. The van der Waals surface area contributed by atoms with Crippen molar-refractivity contribution >= 4 is 5.97 Å². The Morgan fingerprint density at radius 3 is 2.59 bits per heavy atom. The molecular weight excluding hydrogens is 425 g/mol. The third-order valence-corrected chi connectivity index (χ3v) is 7.37. The zero-order valence-corrected chi connectivity index (χ0v) is 18.5. The molecule has 2 aliphatic heterocycles. The molecule has 2 fully saturated rings. The minimum Gasteiger partial charge on any atom is -0.487 e. The van der Waals surface area contributed by atoms with Gasteiger partial charge in [-0.05, 0) is 50.3 Å². The third kappa shape index (κ3) is 4.61. The van der Waals surface area contributed by atoms with Crippen LogP contribution in [0, 0.1) is 11.8 Å². The Balaban J connectivity index is 1.30. The second kappa shape index (κ2) is 8.18. The molecule has 0 radical (unpaired) electrons. The van der Waals surface area contributed by atoms with Gasteiger partial charge in [0.05, 0.1) is 11.1 Å². The molecule has 0 bridgehead atoms. The molecule has 4 rings (SSSR count). The monoisotopic (exact) mass is 456 g/mol. The standard InChI is InChI=1S/C23H31F3N2O4/c1-14(29)31-13-22(27)11-16(12-22)20(30)28-7-5-17(6-8-28)21(2)10-15-3-4-18(23(24,25)26)9-19(15)32-21/h3-4,9,16-17,20,30H,5-8,10-13,27H2,1-2H3. The van der Waals surface area contributed by atoms with Crippen LogP contribution in [0.25, 0.3) is 0 Å². The van der Waals surface area contributed by atoms with E-state index in [2.05, 4.69) is 0 Å². The lowest BCUT2D eigenvalue weighted by Crippen LogP contribution is -2.61. The van der Waals surface area contributed by atoms with E-state index < -0.39 is 29.1 Å². The molecule has 0 amide bonds. The summed E-state index contributed by atoms with van der Waals surface area (Å²) in [6.07, 6.45) is -1.63. The number of benzene rings is 1. The lowest BCUT2D eigenvalue weighted by atomic mass is 9.68. The fraction of sp³-hybridized carbons (Fsp3) is 0.696. The van der Waals surface area contributed by atoms with E-state index >= 15 is 0 Å². The molecule has 1 aromatic rings. The summed E-state index contributed by atoms with van der Waals surface area (Å²) in [7, 11) is 0. The van der Waals surface area contributed by atoms with Crippen molar-refractivity contribution in [1.29, 1.82) is 0 Å². The van der Waals surface area contributed by atoms with Gasteiger partial charge in [-0.1, -0.05) is 6.07 Å². The van der Waals surface area contributed by atoms with Gasteiger partial charge in [0.25, 0.3) is 0 Å². The molecule has 1 aliphatic carbocycles. The van der Waals surface area contributed by atoms with E-state index in [1.54, 1.807) is 0 Å². The van der Waals surface area contributed by atoms with E-state index in [0.717, 1.165) is 30.5 Å². The number of fused-ring (bicyclic) bond motifs is 1. The number of halogens is 3. The summed E-state index contributed by atoms with van der Waals surface area (Å²) in [6.45, 7) is 4.86. The first-order chi connectivity index (χ1) is 14.9. The summed E-state index contributed by atoms with van der Waals surface area (Å²) in [5.74, 6) is 0.189. The molecule has 3 N–H and O–H groups in total. The van der Waals surface area contributed by atoms with Gasteiger partial charge in [0.1, 0.15) is 24.2 Å². The highest BCUT2D eigenvalue weighted by atomic mass is 19.4. The van der Waals surface area contributed by atoms with E-state index in [0.29, 0.717) is 38.1 Å². The van der Waals surface area contributed by atoms with Gasteiger partial charge in [-0.2, -0.15) is 13.2 Å². The Kier molecular flexibility index (Phi) is 5.96. The fourth-order valence-electron chi connectivity index (χ4n) is 5.50. The van der Waals surface area contributed by atoms with Gasteiger partial charge < -0.3 is 20.3 Å². The normalized spacial score (nSPS) is 32.0. The van der Waals surface area contributed by atoms with Crippen LogP contribution < -0.4 is 10.5 Å². The molecule has 2 atom stereocenters. The number of likely N-dealkylation sites (tertiary alicyclic amines) is 1. The van der Waals surface area contributed by atoms with Crippen LogP contribution in [-0.4, -0.2) is 53.0 Å². The molecular formula is C23H31F3N2O4. The first-order valence-corrected chi connectivity index (χ1v) is 11.1. The number of carbonyl (C=O) groups is 1. The van der Waals surface area contributed by atoms with E-state index in [1.807, 2.05) is 11.8 Å². The molecule has 0 aromatic heterocycles. The van der Waals surface area contributed by atoms with Crippen LogP contribution in [0.15, 0.2) is 18.2 Å². The number of nitrogens with zero attached hydrogens (tertiary/aromatic N) is 1. The van der Waals surface area contributed by atoms with Crippen LogP contribution in [-0.2, 0) is 22.1 Å². The molecule has 178 valence electrons. The molecule has 2 unspecified atom stereocenters. The predicted molar refractivity (Wildman–Crippen MR) is 111 cm³/mol. The lowest BCUT2D eigenvalue weighted by molar-refractivity contribution is -0.149. The zero-order valence-electron chi connectivity index (χ0n) is 18.5. The first kappa shape index (κ1) is 23.3. The highest BCUT2D eigenvalue weighted by Crippen LogP contribution is 2.46. The summed E-state index contributed by atoms with van der Waals surface area (Å²) < 4.78 is 50.2. The summed E-state index contributed by atoms with van der Waals surface area (Å²) in [4.78, 5) is 13.0. The highest BCUT2D eigenvalue weighted by molar-refractivity contribution is 5.66. The molecule has 1 aromatic carbocycles. The van der Waals surface area contributed by atoms with Crippen LogP contribution in [0.3, 0.4) is 0 Å². The van der Waals surface area contributed by atoms with E-state index in [-0.39, 0.29) is 24.4 Å². The van der Waals surface area contributed by atoms with Crippen molar-refractivity contribution in [1.82, 2.24) is 4.90 Å². The molecule has 32 heavy (non-hydrogen) atoms. The second-order valence-corrected chi connectivity index (χ2v) is 9.95. The summed E-state index contributed by atoms with van der Waals surface area (Å²) >= 11 is 0. The van der Waals surface area contributed by atoms with Crippen molar-refractivity contribution in [3.63, 3.8) is 0 Å². The minimum atomic E-state index is -4.39. The Morgan fingerprint density at radius 1 is 1.34 bits per heavy atom. The lowest BCUT2D eigenvalue weighted by Gasteiger charge is -2.50. The van der Waals surface area contributed by atoms with Crippen LogP contribution in [0.4, 0.5) is 13.2 Å². The maximum Gasteiger partial charge on any atom is 0.416 e. The van der Waals surface area contributed by atoms with E-state index in [1.165, 1.54) is 13.0 Å². The molecule has 1 saturated heterocycles. The minimum absolute atomic E-state index is 0.0375. The number of piperidine rings is 1. The van der Waals surface area contributed by atoms with Crippen LogP contribution >= 0.6 is 0 Å². The van der Waals surface area contributed by atoms with Gasteiger partial charge in [-0.3, -0.25) is 9.69 Å². The summed E-state index contributed by atoms with van der Waals surface area (Å²) in [5.41, 5.74) is 5.22. The van der Waals surface area contributed by atoms with Gasteiger partial charge >= 0.3 is 12.1 Å². The first-order valence-electron chi connectivity index (χ1n) is 11.1. The van der Waals surface area contributed by atoms with Crippen molar-refractivity contribution in [3.8, 4) is 5.75 Å². The number of rotatable bonds is 5. The van der Waals surface area contributed by atoms with Crippen molar-refractivity contribution in [2.45, 2.75) is 69.5 Å². The van der Waals surface area contributed by atoms with Crippen LogP contribution in [0.1, 0.15) is 50.7 Å². The SMILES string of the molecule is CC(=O)OCC1(N)CC(C(O)N2CCC(C3(C)Cc4ccc(C(F)(F)F)cc4O3)CC2)C1. The Morgan fingerprint density at radius 2 is 2.00 bits per heavy atom. The van der Waals surface area contributed by atoms with Crippen molar-refractivity contribution in [2.24, 2.45) is 17.6 Å². The Bertz CT molecular complexity index is 863. The quantitative estimate of drug-likeness (QED) is 0.663. The van der Waals surface area contributed by atoms with Crippen LogP contribution in [0.5, 0.6) is 5.75 Å². The molecule has 6 nitrogen and oxygen atoms in total. The fourth-order valence-corrected chi connectivity index (χ4v) is 5.50. The molecule has 0 spiro atoms. The number of nitrogens with two attached hydrogens (primary N) is 1. The topological polar surface area (TPSA) is 85.0 Å².